The van der Waals surface area contributed by atoms with E-state index < -0.39 is 0 Å². The molecule has 0 aliphatic carbocycles. The van der Waals surface area contributed by atoms with E-state index in [9.17, 15) is 4.79 Å². The summed E-state index contributed by atoms with van der Waals surface area (Å²) in [6, 6.07) is 11.9. The number of piperazine rings is 1. The summed E-state index contributed by atoms with van der Waals surface area (Å²) in [5, 5.41) is 1.08. The van der Waals surface area contributed by atoms with Gasteiger partial charge in [0, 0.05) is 59.6 Å². The molecule has 0 bridgehead atoms. The van der Waals surface area contributed by atoms with Gasteiger partial charge in [-0.15, -0.1) is 11.3 Å². The zero-order valence-electron chi connectivity index (χ0n) is 18.5. The number of aromatic amines is 1. The lowest BCUT2D eigenvalue weighted by molar-refractivity contribution is -0.143. The molecule has 0 unspecified atom stereocenters. The molecule has 1 fully saturated rings. The fourth-order valence-corrected chi connectivity index (χ4v) is 5.53. The first-order valence-corrected chi connectivity index (χ1v) is 12.5. The minimum atomic E-state index is -0.133. The lowest BCUT2D eigenvalue weighted by Gasteiger charge is -2.40. The number of fused-ring (bicyclic) bond motifs is 1. The maximum atomic E-state index is 13.5. The number of nitrogens with zero attached hydrogens (tertiary/aromatic N) is 4. The van der Waals surface area contributed by atoms with Crippen LogP contribution in [0.5, 0.6) is 0 Å². The van der Waals surface area contributed by atoms with Gasteiger partial charge in [0.2, 0.25) is 5.91 Å². The van der Waals surface area contributed by atoms with Gasteiger partial charge in [0.05, 0.1) is 28.3 Å². The molecule has 0 saturated carbocycles. The summed E-state index contributed by atoms with van der Waals surface area (Å²) < 4.78 is 0.774. The van der Waals surface area contributed by atoms with Crippen molar-refractivity contribution in [2.45, 2.75) is 38.9 Å². The van der Waals surface area contributed by atoms with E-state index >= 15 is 0 Å². The van der Waals surface area contributed by atoms with Crippen LogP contribution in [0.15, 0.2) is 55.0 Å². The highest BCUT2D eigenvalue weighted by Gasteiger charge is 2.34. The van der Waals surface area contributed by atoms with E-state index in [0.717, 1.165) is 56.5 Å². The van der Waals surface area contributed by atoms with Crippen molar-refractivity contribution in [2.24, 2.45) is 0 Å². The van der Waals surface area contributed by atoms with Gasteiger partial charge in [-0.1, -0.05) is 31.0 Å². The van der Waals surface area contributed by atoms with Crippen LogP contribution < -0.4 is 0 Å². The van der Waals surface area contributed by atoms with Crippen molar-refractivity contribution in [1.82, 2.24) is 24.8 Å². The number of hydrogen-bond acceptors (Lipinski definition) is 5. The van der Waals surface area contributed by atoms with Crippen molar-refractivity contribution < 1.29 is 4.79 Å². The Kier molecular flexibility index (Phi) is 6.44. The van der Waals surface area contributed by atoms with Crippen molar-refractivity contribution in [3.05, 3.63) is 70.7 Å². The lowest BCUT2D eigenvalue weighted by atomic mass is 10.0. The summed E-state index contributed by atoms with van der Waals surface area (Å²) in [6.07, 6.45) is 7.41. The molecule has 0 aromatic carbocycles. The molecule has 1 aliphatic heterocycles. The van der Waals surface area contributed by atoms with Crippen LogP contribution in [0.1, 0.15) is 31.2 Å². The average Bonchev–Trinajstić information content (AvgIpc) is 3.48. The number of hydrogen-bond donors (Lipinski definition) is 1. The smallest absolute Gasteiger partial charge is 0.240 e. The van der Waals surface area contributed by atoms with Crippen molar-refractivity contribution in [1.29, 1.82) is 0 Å². The molecule has 1 aliphatic rings. The molecule has 4 aromatic rings. The lowest BCUT2D eigenvalue weighted by Crippen LogP contribution is -2.56. The molecule has 170 valence electrons. The predicted octanol–water partition coefficient (Wildman–Crippen LogP) is 5.35. The summed E-state index contributed by atoms with van der Waals surface area (Å²) in [5.74, 6) is 0.183. The molecule has 0 spiro atoms. The topological polar surface area (TPSA) is 65.1 Å². The first-order chi connectivity index (χ1) is 16.1. The second-order valence-electron chi connectivity index (χ2n) is 8.37. The maximum absolute atomic E-state index is 13.5. The number of carbonyl (C=O) groups is 1. The Labute approximate surface area is 202 Å². The monoisotopic (exact) mass is 479 g/mol. The van der Waals surface area contributed by atoms with Crippen LogP contribution in [0.25, 0.3) is 21.3 Å². The Bertz CT molecular complexity index is 1250. The van der Waals surface area contributed by atoms with E-state index in [1.165, 1.54) is 0 Å². The van der Waals surface area contributed by atoms with Crippen molar-refractivity contribution >= 4 is 39.7 Å². The van der Waals surface area contributed by atoms with Crippen LogP contribution in [0.4, 0.5) is 0 Å². The molecule has 0 radical (unpaired) electrons. The molecule has 1 N–H and O–H groups in total. The summed E-state index contributed by atoms with van der Waals surface area (Å²) in [4.78, 5) is 31.3. The third-order valence-electron chi connectivity index (χ3n) is 6.21. The minimum Gasteiger partial charge on any atom is -0.361 e. The maximum Gasteiger partial charge on any atom is 0.240 e. The van der Waals surface area contributed by atoms with Gasteiger partial charge in [-0.2, -0.15) is 0 Å². The highest BCUT2D eigenvalue weighted by Crippen LogP contribution is 2.31. The molecule has 6 nitrogen and oxygen atoms in total. The van der Waals surface area contributed by atoms with Gasteiger partial charge in [-0.05, 0) is 36.8 Å². The van der Waals surface area contributed by atoms with Gasteiger partial charge in [0.15, 0.2) is 0 Å². The van der Waals surface area contributed by atoms with Crippen molar-refractivity contribution in [3.8, 4) is 10.4 Å². The summed E-state index contributed by atoms with van der Waals surface area (Å²) in [7, 11) is 0. The molecule has 1 atom stereocenters. The highest BCUT2D eigenvalue weighted by atomic mass is 35.5. The van der Waals surface area contributed by atoms with E-state index in [4.69, 9.17) is 11.6 Å². The van der Waals surface area contributed by atoms with Crippen LogP contribution in [0, 0.1) is 0 Å². The summed E-state index contributed by atoms with van der Waals surface area (Å²) >= 11 is 7.61. The Balaban J connectivity index is 1.29. The first-order valence-electron chi connectivity index (χ1n) is 11.3. The van der Waals surface area contributed by atoms with Crippen molar-refractivity contribution in [3.63, 3.8) is 0 Å². The Morgan fingerprint density at radius 3 is 2.79 bits per heavy atom. The number of carbonyl (C=O) groups excluding carboxylic acids is 1. The second-order valence-corrected chi connectivity index (χ2v) is 10.1. The van der Waals surface area contributed by atoms with Gasteiger partial charge < -0.3 is 9.88 Å². The van der Waals surface area contributed by atoms with Crippen LogP contribution >= 0.6 is 22.9 Å². The number of nitrogens with one attached hydrogen (secondary N) is 1. The Hall–Kier alpha value is -2.74. The second kappa shape index (κ2) is 9.63. The van der Waals surface area contributed by atoms with E-state index in [1.54, 1.807) is 17.5 Å². The number of halogens is 1. The zero-order valence-corrected chi connectivity index (χ0v) is 20.1. The highest BCUT2D eigenvalue weighted by molar-refractivity contribution is 7.19. The van der Waals surface area contributed by atoms with E-state index in [1.807, 2.05) is 41.6 Å². The Morgan fingerprint density at radius 1 is 1.12 bits per heavy atom. The van der Waals surface area contributed by atoms with Gasteiger partial charge in [-0.25, -0.2) is 0 Å². The first kappa shape index (κ1) is 22.1. The standard InChI is InChI=1S/C25H26ClN5OS/c1-2-3-22-25(32)31(16-21-19-8-10-27-20(19)9-11-28-21)13-12-30(22)15-18-5-4-17(14-29-18)23-6-7-24(26)33-23/h4-11,14,22,27H,2-3,12-13,15-16H2,1H3/t22-/m0/s1. The minimum absolute atomic E-state index is 0.133. The normalized spacial score (nSPS) is 17.2. The molecular weight excluding hydrogens is 454 g/mol. The molecule has 1 saturated heterocycles. The number of rotatable bonds is 7. The summed E-state index contributed by atoms with van der Waals surface area (Å²) in [5.41, 5.74) is 4.03. The number of pyridine rings is 2. The van der Waals surface area contributed by atoms with Gasteiger partial charge >= 0.3 is 0 Å². The van der Waals surface area contributed by atoms with E-state index in [2.05, 4.69) is 38.9 Å². The number of aromatic nitrogens is 3. The molecule has 5 heterocycles. The van der Waals surface area contributed by atoms with Gasteiger partial charge in [-0.3, -0.25) is 19.7 Å². The molecule has 8 heteroatoms. The SMILES string of the molecule is CCC[C@H]1C(=O)N(Cc2nccc3[nH]ccc23)CCN1Cc1ccc(-c2ccc(Cl)s2)cn1. The van der Waals surface area contributed by atoms with E-state index in [-0.39, 0.29) is 11.9 Å². The van der Waals surface area contributed by atoms with Crippen LogP contribution in [0.2, 0.25) is 4.34 Å². The fraction of sp³-hybridized carbons (Fsp3) is 0.320. The number of thiophene rings is 1. The zero-order chi connectivity index (χ0) is 22.8. The molecular formula is C25H26ClN5OS. The largest absolute Gasteiger partial charge is 0.361 e. The van der Waals surface area contributed by atoms with Crippen LogP contribution in [-0.2, 0) is 17.9 Å². The van der Waals surface area contributed by atoms with Gasteiger partial charge in [0.25, 0.3) is 0 Å². The fourth-order valence-electron chi connectivity index (χ4n) is 4.50. The quantitative estimate of drug-likeness (QED) is 0.388. The van der Waals surface area contributed by atoms with E-state index in [0.29, 0.717) is 19.6 Å². The Morgan fingerprint density at radius 2 is 2.03 bits per heavy atom. The molecule has 5 rings (SSSR count). The summed E-state index contributed by atoms with van der Waals surface area (Å²) in [6.45, 7) is 4.85. The number of H-pyrrole nitrogens is 1. The van der Waals surface area contributed by atoms with Crippen LogP contribution in [-0.4, -0.2) is 49.8 Å². The molecule has 1 amide bonds. The predicted molar refractivity (Wildman–Crippen MR) is 133 cm³/mol. The number of amides is 1. The molecule has 33 heavy (non-hydrogen) atoms. The van der Waals surface area contributed by atoms with Gasteiger partial charge in [0.1, 0.15) is 0 Å². The average molecular weight is 480 g/mol. The third kappa shape index (κ3) is 4.67. The van der Waals surface area contributed by atoms with Crippen molar-refractivity contribution in [2.75, 3.05) is 13.1 Å². The molecule has 4 aromatic heterocycles. The third-order valence-corrected chi connectivity index (χ3v) is 7.49. The van der Waals surface area contributed by atoms with Crippen LogP contribution in [0.3, 0.4) is 0 Å².